The minimum absolute atomic E-state index is 0.456. The second kappa shape index (κ2) is 7.57. The average molecular weight is 366 g/mol. The van der Waals surface area contributed by atoms with Crippen molar-refractivity contribution in [3.8, 4) is 10.4 Å². The zero-order valence-electron chi connectivity index (χ0n) is 13.2. The Labute approximate surface area is 140 Å². The van der Waals surface area contributed by atoms with Crippen LogP contribution in [-0.2, 0) is 0 Å². The number of aryl methyl sites for hydroxylation is 1. The highest BCUT2D eigenvalue weighted by Crippen LogP contribution is 2.35. The first-order valence-electron chi connectivity index (χ1n) is 7.62. The van der Waals surface area contributed by atoms with Crippen LogP contribution in [0.25, 0.3) is 10.4 Å². The van der Waals surface area contributed by atoms with E-state index in [1.54, 1.807) is 0 Å². The summed E-state index contributed by atoms with van der Waals surface area (Å²) in [5.74, 6) is 0.604. The fourth-order valence-corrected chi connectivity index (χ4v) is 4.02. The molecule has 0 radical (unpaired) electrons. The van der Waals surface area contributed by atoms with Crippen molar-refractivity contribution in [1.82, 2.24) is 5.32 Å². The number of thiophene rings is 1. The summed E-state index contributed by atoms with van der Waals surface area (Å²) in [5, 5.41) is 3.67. The standard InChI is InChI=1S/C18H24BrNS/c1-5-10-20-18(12(2)3)17-9-8-16(21-17)14-7-6-13(4)15(19)11-14/h6-9,11-12,18,20H,5,10H2,1-4H3. The Hall–Kier alpha value is -0.640. The summed E-state index contributed by atoms with van der Waals surface area (Å²) in [5.41, 5.74) is 2.57. The van der Waals surface area contributed by atoms with Crippen molar-refractivity contribution in [1.29, 1.82) is 0 Å². The highest BCUT2D eigenvalue weighted by molar-refractivity contribution is 9.10. The molecule has 0 saturated heterocycles. The maximum Gasteiger partial charge on any atom is 0.0438 e. The smallest absolute Gasteiger partial charge is 0.0438 e. The van der Waals surface area contributed by atoms with Crippen LogP contribution in [0.1, 0.15) is 43.7 Å². The third kappa shape index (κ3) is 4.18. The molecule has 0 fully saturated rings. The van der Waals surface area contributed by atoms with Gasteiger partial charge in [0.1, 0.15) is 0 Å². The van der Waals surface area contributed by atoms with E-state index in [4.69, 9.17) is 0 Å². The van der Waals surface area contributed by atoms with Crippen LogP contribution in [0.5, 0.6) is 0 Å². The second-order valence-corrected chi connectivity index (χ2v) is 7.81. The molecular weight excluding hydrogens is 342 g/mol. The highest BCUT2D eigenvalue weighted by Gasteiger charge is 2.17. The molecule has 0 bridgehead atoms. The molecule has 0 aliphatic carbocycles. The van der Waals surface area contributed by atoms with E-state index in [0.717, 1.165) is 6.54 Å². The minimum Gasteiger partial charge on any atom is -0.309 e. The van der Waals surface area contributed by atoms with Crippen molar-refractivity contribution in [3.63, 3.8) is 0 Å². The molecule has 1 N–H and O–H groups in total. The normalized spacial score (nSPS) is 12.9. The Balaban J connectivity index is 2.25. The quantitative estimate of drug-likeness (QED) is 0.643. The summed E-state index contributed by atoms with van der Waals surface area (Å²) < 4.78 is 1.18. The minimum atomic E-state index is 0.456. The first-order valence-corrected chi connectivity index (χ1v) is 9.23. The molecule has 1 aromatic heterocycles. The van der Waals surface area contributed by atoms with Crippen LogP contribution < -0.4 is 5.32 Å². The molecule has 2 rings (SSSR count). The van der Waals surface area contributed by atoms with Crippen molar-refractivity contribution in [3.05, 3.63) is 45.2 Å². The van der Waals surface area contributed by atoms with Crippen LogP contribution >= 0.6 is 27.3 Å². The van der Waals surface area contributed by atoms with Crippen LogP contribution in [0.4, 0.5) is 0 Å². The number of nitrogens with one attached hydrogen (secondary N) is 1. The van der Waals surface area contributed by atoms with Gasteiger partial charge in [0.05, 0.1) is 0 Å². The van der Waals surface area contributed by atoms with Gasteiger partial charge in [-0.05, 0) is 55.1 Å². The van der Waals surface area contributed by atoms with Crippen LogP contribution in [0.15, 0.2) is 34.8 Å². The Morgan fingerprint density at radius 2 is 1.95 bits per heavy atom. The molecule has 1 heterocycles. The summed E-state index contributed by atoms with van der Waals surface area (Å²) in [6.45, 7) is 9.99. The van der Waals surface area contributed by atoms with Crippen LogP contribution in [0, 0.1) is 12.8 Å². The number of hydrogen-bond acceptors (Lipinski definition) is 2. The van der Waals surface area contributed by atoms with Gasteiger partial charge in [-0.2, -0.15) is 0 Å². The summed E-state index contributed by atoms with van der Waals surface area (Å²) in [6.07, 6.45) is 1.17. The van der Waals surface area contributed by atoms with E-state index in [-0.39, 0.29) is 0 Å². The SMILES string of the molecule is CCCNC(c1ccc(-c2ccc(C)c(Br)c2)s1)C(C)C. The van der Waals surface area contributed by atoms with Gasteiger partial charge in [-0.25, -0.2) is 0 Å². The molecule has 0 amide bonds. The van der Waals surface area contributed by atoms with Crippen LogP contribution in [-0.4, -0.2) is 6.54 Å². The van der Waals surface area contributed by atoms with Crippen molar-refractivity contribution < 1.29 is 0 Å². The molecule has 1 unspecified atom stereocenters. The molecule has 3 heteroatoms. The molecule has 1 nitrogen and oxygen atoms in total. The zero-order valence-corrected chi connectivity index (χ0v) is 15.6. The van der Waals surface area contributed by atoms with E-state index in [1.165, 1.54) is 31.8 Å². The molecule has 114 valence electrons. The monoisotopic (exact) mass is 365 g/mol. The van der Waals surface area contributed by atoms with Crippen LogP contribution in [0.3, 0.4) is 0 Å². The topological polar surface area (TPSA) is 12.0 Å². The molecule has 0 spiro atoms. The molecule has 0 saturated carbocycles. The molecule has 1 aromatic carbocycles. The van der Waals surface area contributed by atoms with Gasteiger partial charge in [-0.3, -0.25) is 0 Å². The van der Waals surface area contributed by atoms with E-state index in [9.17, 15) is 0 Å². The average Bonchev–Trinajstić information content (AvgIpc) is 2.91. The van der Waals surface area contributed by atoms with E-state index in [0.29, 0.717) is 12.0 Å². The number of hydrogen-bond donors (Lipinski definition) is 1. The first kappa shape index (κ1) is 16.7. The van der Waals surface area contributed by atoms with Gasteiger partial charge in [0, 0.05) is 20.3 Å². The number of benzene rings is 1. The molecule has 1 atom stereocenters. The maximum absolute atomic E-state index is 3.67. The largest absolute Gasteiger partial charge is 0.309 e. The van der Waals surface area contributed by atoms with Crippen LogP contribution in [0.2, 0.25) is 0 Å². The van der Waals surface area contributed by atoms with Gasteiger partial charge in [0.2, 0.25) is 0 Å². The molecular formula is C18H24BrNS. The summed E-state index contributed by atoms with van der Waals surface area (Å²) in [7, 11) is 0. The van der Waals surface area contributed by atoms with E-state index in [2.05, 4.69) is 79.3 Å². The lowest BCUT2D eigenvalue weighted by Gasteiger charge is -2.20. The fraction of sp³-hybridized carbons (Fsp3) is 0.444. The molecule has 0 aliphatic rings. The third-order valence-electron chi connectivity index (χ3n) is 3.67. The van der Waals surface area contributed by atoms with Gasteiger partial charge < -0.3 is 5.32 Å². The highest BCUT2D eigenvalue weighted by atomic mass is 79.9. The Bertz CT molecular complexity index is 589. The van der Waals surface area contributed by atoms with E-state index < -0.39 is 0 Å². The molecule has 21 heavy (non-hydrogen) atoms. The van der Waals surface area contributed by atoms with Gasteiger partial charge in [0.25, 0.3) is 0 Å². The summed E-state index contributed by atoms with van der Waals surface area (Å²) >= 11 is 5.53. The Morgan fingerprint density at radius 3 is 2.57 bits per heavy atom. The lowest BCUT2D eigenvalue weighted by molar-refractivity contribution is 0.418. The molecule has 2 aromatic rings. The second-order valence-electron chi connectivity index (χ2n) is 5.84. The summed E-state index contributed by atoms with van der Waals surface area (Å²) in [6, 6.07) is 11.6. The van der Waals surface area contributed by atoms with Crippen molar-refractivity contribution >= 4 is 27.3 Å². The van der Waals surface area contributed by atoms with Gasteiger partial charge >= 0.3 is 0 Å². The fourth-order valence-electron chi connectivity index (χ4n) is 2.39. The van der Waals surface area contributed by atoms with Crippen molar-refractivity contribution in [2.45, 2.75) is 40.2 Å². The van der Waals surface area contributed by atoms with Crippen molar-refractivity contribution in [2.24, 2.45) is 5.92 Å². The third-order valence-corrected chi connectivity index (χ3v) is 5.74. The van der Waals surface area contributed by atoms with E-state index in [1.807, 2.05) is 11.3 Å². The van der Waals surface area contributed by atoms with E-state index >= 15 is 0 Å². The maximum atomic E-state index is 3.67. The predicted molar refractivity (Wildman–Crippen MR) is 98.1 cm³/mol. The molecule has 0 aliphatic heterocycles. The van der Waals surface area contributed by atoms with Gasteiger partial charge in [0.15, 0.2) is 0 Å². The van der Waals surface area contributed by atoms with Crippen molar-refractivity contribution in [2.75, 3.05) is 6.54 Å². The number of halogens is 1. The number of rotatable bonds is 6. The van der Waals surface area contributed by atoms with Gasteiger partial charge in [-0.15, -0.1) is 11.3 Å². The lowest BCUT2D eigenvalue weighted by atomic mass is 10.0. The Morgan fingerprint density at radius 1 is 1.19 bits per heavy atom. The zero-order chi connectivity index (χ0) is 15.4. The first-order chi connectivity index (χ1) is 10.0. The summed E-state index contributed by atoms with van der Waals surface area (Å²) in [4.78, 5) is 2.78. The Kier molecular flexibility index (Phi) is 6.03. The predicted octanol–water partition coefficient (Wildman–Crippen LogP) is 6.18. The van der Waals surface area contributed by atoms with Gasteiger partial charge in [-0.1, -0.05) is 48.8 Å². The lowest BCUT2D eigenvalue weighted by Crippen LogP contribution is -2.25.